The third-order valence-corrected chi connectivity index (χ3v) is 2.67. The lowest BCUT2D eigenvalue weighted by atomic mass is 10.1. The van der Waals surface area contributed by atoms with Crippen molar-refractivity contribution >= 4 is 5.97 Å². The predicted octanol–water partition coefficient (Wildman–Crippen LogP) is 2.81. The molecule has 2 N–H and O–H groups in total. The second kappa shape index (κ2) is 10.5. The first-order valence-electron chi connectivity index (χ1n) is 6.98. The highest BCUT2D eigenvalue weighted by molar-refractivity contribution is 5.87. The van der Waals surface area contributed by atoms with Gasteiger partial charge in [0, 0.05) is 14.1 Å². The van der Waals surface area contributed by atoms with Crippen LogP contribution in [-0.4, -0.2) is 31.1 Å². The maximum atomic E-state index is 11.7. The molecule has 0 aliphatic rings. The quantitative estimate of drug-likeness (QED) is 0.302. The summed E-state index contributed by atoms with van der Waals surface area (Å²) in [5, 5.41) is 0. The molecule has 110 valence electrons. The zero-order valence-corrected chi connectivity index (χ0v) is 12.7. The van der Waals surface area contributed by atoms with Gasteiger partial charge in [-0.2, -0.15) is 0 Å². The number of carbonyl (C=O) groups excluding carboxylic acids is 1. The summed E-state index contributed by atoms with van der Waals surface area (Å²) < 4.78 is 5.27. The highest BCUT2D eigenvalue weighted by Gasteiger charge is 2.11. The van der Waals surface area contributed by atoms with Crippen LogP contribution in [0.2, 0.25) is 0 Å². The van der Waals surface area contributed by atoms with E-state index < -0.39 is 5.97 Å². The van der Waals surface area contributed by atoms with E-state index >= 15 is 0 Å². The zero-order valence-electron chi connectivity index (χ0n) is 12.7. The van der Waals surface area contributed by atoms with E-state index in [0.29, 0.717) is 0 Å². The molecular formula is C15H28N2O2. The van der Waals surface area contributed by atoms with Crippen LogP contribution in [0.1, 0.15) is 46.0 Å². The Labute approximate surface area is 117 Å². The third-order valence-electron chi connectivity index (χ3n) is 2.67. The van der Waals surface area contributed by atoms with Gasteiger partial charge in [0.15, 0.2) is 0 Å². The molecule has 0 amide bonds. The van der Waals surface area contributed by atoms with Gasteiger partial charge >= 0.3 is 5.97 Å². The van der Waals surface area contributed by atoms with Gasteiger partial charge in [0.2, 0.25) is 0 Å². The third kappa shape index (κ3) is 10.2. The van der Waals surface area contributed by atoms with Gasteiger partial charge in [0.1, 0.15) is 5.70 Å². The Balaban J connectivity index is 4.00. The molecule has 1 atom stereocenters. The molecule has 0 heterocycles. The molecule has 0 aliphatic heterocycles. The molecule has 4 nitrogen and oxygen atoms in total. The summed E-state index contributed by atoms with van der Waals surface area (Å²) in [5.74, 6) is -0.439. The summed E-state index contributed by atoms with van der Waals surface area (Å²) in [6.45, 7) is 4.09. The number of hydrogen-bond acceptors (Lipinski definition) is 4. The van der Waals surface area contributed by atoms with Crippen molar-refractivity contribution in [3.63, 3.8) is 0 Å². The van der Waals surface area contributed by atoms with Crippen LogP contribution in [0, 0.1) is 0 Å². The smallest absolute Gasteiger partial charge is 0.354 e. The first-order chi connectivity index (χ1) is 8.97. The van der Waals surface area contributed by atoms with Crippen molar-refractivity contribution in [3.05, 3.63) is 24.0 Å². The highest BCUT2D eigenvalue weighted by Crippen LogP contribution is 2.09. The largest absolute Gasteiger partial charge is 0.458 e. The molecule has 0 saturated heterocycles. The first-order valence-corrected chi connectivity index (χ1v) is 6.98. The van der Waals surface area contributed by atoms with E-state index in [-0.39, 0.29) is 11.8 Å². The Hall–Kier alpha value is -1.45. The summed E-state index contributed by atoms with van der Waals surface area (Å²) in [7, 11) is 3.80. The number of nitrogens with two attached hydrogens (primary N) is 1. The Morgan fingerprint density at radius 2 is 2.00 bits per heavy atom. The van der Waals surface area contributed by atoms with E-state index in [1.807, 2.05) is 32.1 Å². The minimum absolute atomic E-state index is 0.0749. The molecular weight excluding hydrogens is 240 g/mol. The molecule has 0 aromatic heterocycles. The van der Waals surface area contributed by atoms with Gasteiger partial charge in [0.25, 0.3) is 0 Å². The van der Waals surface area contributed by atoms with Crippen molar-refractivity contribution < 1.29 is 9.53 Å². The molecule has 0 bridgehead atoms. The monoisotopic (exact) mass is 268 g/mol. The molecule has 0 aromatic rings. The van der Waals surface area contributed by atoms with Crippen LogP contribution >= 0.6 is 0 Å². The standard InChI is InChI=1S/C15H28N2O2/c1-5-6-7-8-10-13(2)19-15(18)14(16)11-9-12-17(3)4/h9,11-13H,5-8,10,16H2,1-4H3/b12-9+,14-11-. The fraction of sp³-hybridized carbons (Fsp3) is 0.667. The lowest BCUT2D eigenvalue weighted by Gasteiger charge is -2.12. The number of rotatable bonds is 9. The van der Waals surface area contributed by atoms with E-state index in [2.05, 4.69) is 6.92 Å². The molecule has 0 saturated carbocycles. The van der Waals surface area contributed by atoms with Gasteiger partial charge in [-0.15, -0.1) is 0 Å². The Morgan fingerprint density at radius 1 is 1.32 bits per heavy atom. The van der Waals surface area contributed by atoms with Crippen molar-refractivity contribution in [2.75, 3.05) is 14.1 Å². The summed E-state index contributed by atoms with van der Waals surface area (Å²) in [6.07, 6.45) is 10.6. The minimum atomic E-state index is -0.439. The van der Waals surface area contributed by atoms with Crippen LogP contribution in [0.15, 0.2) is 24.0 Å². The van der Waals surface area contributed by atoms with Crippen molar-refractivity contribution in [1.82, 2.24) is 4.90 Å². The minimum Gasteiger partial charge on any atom is -0.458 e. The summed E-state index contributed by atoms with van der Waals surface area (Å²) in [4.78, 5) is 13.5. The molecule has 19 heavy (non-hydrogen) atoms. The lowest BCUT2D eigenvalue weighted by molar-refractivity contribution is -0.143. The number of esters is 1. The van der Waals surface area contributed by atoms with Crippen LogP contribution < -0.4 is 5.73 Å². The second-order valence-electron chi connectivity index (χ2n) is 4.99. The van der Waals surface area contributed by atoms with Gasteiger partial charge in [-0.1, -0.05) is 26.2 Å². The van der Waals surface area contributed by atoms with Gasteiger partial charge < -0.3 is 15.4 Å². The summed E-state index contributed by atoms with van der Waals surface area (Å²) >= 11 is 0. The Morgan fingerprint density at radius 3 is 2.58 bits per heavy atom. The summed E-state index contributed by atoms with van der Waals surface area (Å²) in [6, 6.07) is 0. The van der Waals surface area contributed by atoms with Crippen LogP contribution in [0.4, 0.5) is 0 Å². The number of allylic oxidation sites excluding steroid dienone is 2. The molecule has 4 heteroatoms. The Bertz CT molecular complexity index is 309. The highest BCUT2D eigenvalue weighted by atomic mass is 16.5. The average molecular weight is 268 g/mol. The van der Waals surface area contributed by atoms with E-state index in [1.165, 1.54) is 19.3 Å². The predicted molar refractivity (Wildman–Crippen MR) is 79.4 cm³/mol. The average Bonchev–Trinajstić information content (AvgIpc) is 2.34. The first kappa shape index (κ1) is 17.6. The number of ether oxygens (including phenoxy) is 1. The molecule has 0 rings (SSSR count). The SMILES string of the molecule is CCCCCCC(C)OC(=O)/C(N)=C/C=C/N(C)C. The normalized spacial score (nSPS) is 13.6. The van der Waals surface area contributed by atoms with E-state index in [1.54, 1.807) is 12.2 Å². The number of hydrogen-bond donors (Lipinski definition) is 1. The fourth-order valence-corrected chi connectivity index (χ4v) is 1.56. The lowest BCUT2D eigenvalue weighted by Crippen LogP contribution is -2.20. The van der Waals surface area contributed by atoms with Gasteiger partial charge in [0.05, 0.1) is 6.10 Å². The van der Waals surface area contributed by atoms with E-state index in [4.69, 9.17) is 10.5 Å². The van der Waals surface area contributed by atoms with Gasteiger partial charge in [-0.05, 0) is 38.1 Å². The molecule has 1 unspecified atom stereocenters. The number of unbranched alkanes of at least 4 members (excludes halogenated alkanes) is 3. The number of carbonyl (C=O) groups is 1. The maximum Gasteiger partial charge on any atom is 0.354 e. The van der Waals surface area contributed by atoms with Crippen LogP contribution in [0.3, 0.4) is 0 Å². The second-order valence-corrected chi connectivity index (χ2v) is 4.99. The zero-order chi connectivity index (χ0) is 14.7. The number of nitrogens with zero attached hydrogens (tertiary/aromatic N) is 1. The van der Waals surface area contributed by atoms with Crippen LogP contribution in [0.25, 0.3) is 0 Å². The topological polar surface area (TPSA) is 55.6 Å². The molecule has 0 radical (unpaired) electrons. The maximum absolute atomic E-state index is 11.7. The fourth-order valence-electron chi connectivity index (χ4n) is 1.56. The molecule has 0 aromatic carbocycles. The van der Waals surface area contributed by atoms with Crippen molar-refractivity contribution in [1.29, 1.82) is 0 Å². The molecule has 0 spiro atoms. The molecule has 0 aliphatic carbocycles. The van der Waals surface area contributed by atoms with Crippen LogP contribution in [-0.2, 0) is 9.53 Å². The van der Waals surface area contributed by atoms with Gasteiger partial charge in [-0.3, -0.25) is 0 Å². The van der Waals surface area contributed by atoms with Gasteiger partial charge in [-0.25, -0.2) is 4.79 Å². The van der Waals surface area contributed by atoms with Crippen molar-refractivity contribution in [3.8, 4) is 0 Å². The Kier molecular flexibility index (Phi) is 9.67. The van der Waals surface area contributed by atoms with E-state index in [9.17, 15) is 4.79 Å². The van der Waals surface area contributed by atoms with Crippen molar-refractivity contribution in [2.45, 2.75) is 52.1 Å². The van der Waals surface area contributed by atoms with Crippen molar-refractivity contribution in [2.24, 2.45) is 5.73 Å². The molecule has 0 fully saturated rings. The summed E-state index contributed by atoms with van der Waals surface area (Å²) in [5.41, 5.74) is 5.78. The van der Waals surface area contributed by atoms with E-state index in [0.717, 1.165) is 12.8 Å². The van der Waals surface area contributed by atoms with Crippen LogP contribution in [0.5, 0.6) is 0 Å².